The molecule has 1 unspecified atom stereocenters. The number of aryl methyl sites for hydroxylation is 1. The Kier molecular flexibility index (Phi) is 3.31. The molecule has 0 radical (unpaired) electrons. The summed E-state index contributed by atoms with van der Waals surface area (Å²) in [6.07, 6.45) is 1.52. The van der Waals surface area contributed by atoms with E-state index in [-0.39, 0.29) is 6.04 Å². The fourth-order valence-electron chi connectivity index (χ4n) is 1.82. The van der Waals surface area contributed by atoms with E-state index in [2.05, 4.69) is 4.98 Å². The molecule has 4 N–H and O–H groups in total. The van der Waals surface area contributed by atoms with Crippen molar-refractivity contribution in [1.29, 1.82) is 0 Å². The first-order valence-corrected chi connectivity index (χ1v) is 5.69. The van der Waals surface area contributed by atoms with Gasteiger partial charge in [-0.15, -0.1) is 0 Å². The van der Waals surface area contributed by atoms with Gasteiger partial charge in [0.1, 0.15) is 5.82 Å². The van der Waals surface area contributed by atoms with Crippen molar-refractivity contribution in [3.05, 3.63) is 58.2 Å². The highest BCUT2D eigenvalue weighted by atomic mass is 35.5. The summed E-state index contributed by atoms with van der Waals surface area (Å²) in [5, 5.41) is 0.540. The monoisotopic (exact) mass is 247 g/mol. The predicted molar refractivity (Wildman–Crippen MR) is 70.9 cm³/mol. The van der Waals surface area contributed by atoms with Gasteiger partial charge in [0.05, 0.1) is 11.1 Å². The van der Waals surface area contributed by atoms with Crippen molar-refractivity contribution in [3.8, 4) is 0 Å². The third-order valence-corrected chi connectivity index (χ3v) is 2.98. The fraction of sp³-hybridized carbons (Fsp3) is 0.154. The smallest absolute Gasteiger partial charge is 0.128 e. The molecular weight excluding hydrogens is 234 g/mol. The Bertz CT molecular complexity index is 540. The van der Waals surface area contributed by atoms with Gasteiger partial charge in [0.2, 0.25) is 0 Å². The molecule has 0 amide bonds. The van der Waals surface area contributed by atoms with Crippen LogP contribution < -0.4 is 11.5 Å². The molecule has 0 bridgehead atoms. The highest BCUT2D eigenvalue weighted by Crippen LogP contribution is 2.27. The number of nitrogens with zero attached hydrogens (tertiary/aromatic N) is 1. The maximum atomic E-state index is 6.21. The number of nitrogens with two attached hydrogens (primary N) is 2. The number of hydrogen-bond donors (Lipinski definition) is 2. The largest absolute Gasteiger partial charge is 0.383 e. The fourth-order valence-corrected chi connectivity index (χ4v) is 1.98. The molecular formula is C13H14ClN3. The first-order chi connectivity index (χ1) is 8.09. The third kappa shape index (κ3) is 2.40. The van der Waals surface area contributed by atoms with Crippen molar-refractivity contribution in [2.24, 2.45) is 5.73 Å². The third-order valence-electron chi connectivity index (χ3n) is 2.77. The van der Waals surface area contributed by atoms with Gasteiger partial charge in [-0.25, -0.2) is 4.98 Å². The summed E-state index contributed by atoms with van der Waals surface area (Å²) < 4.78 is 0. The van der Waals surface area contributed by atoms with Crippen LogP contribution in [0.3, 0.4) is 0 Å². The summed E-state index contributed by atoms with van der Waals surface area (Å²) >= 11 is 5.91. The van der Waals surface area contributed by atoms with Crippen molar-refractivity contribution in [3.63, 3.8) is 0 Å². The lowest BCUT2D eigenvalue weighted by Gasteiger charge is -2.16. The van der Waals surface area contributed by atoms with Crippen LogP contribution in [0.2, 0.25) is 5.02 Å². The molecule has 1 aromatic carbocycles. The molecule has 0 aliphatic carbocycles. The van der Waals surface area contributed by atoms with Gasteiger partial charge in [0.15, 0.2) is 0 Å². The average Bonchev–Trinajstić information content (AvgIpc) is 2.32. The van der Waals surface area contributed by atoms with Crippen molar-refractivity contribution >= 4 is 17.4 Å². The van der Waals surface area contributed by atoms with Crippen LogP contribution in [0, 0.1) is 6.92 Å². The molecule has 3 nitrogen and oxygen atoms in total. The van der Waals surface area contributed by atoms with Crippen LogP contribution in [0.5, 0.6) is 0 Å². The summed E-state index contributed by atoms with van der Waals surface area (Å²) in [4.78, 5) is 4.02. The van der Waals surface area contributed by atoms with Crippen molar-refractivity contribution < 1.29 is 0 Å². The van der Waals surface area contributed by atoms with Gasteiger partial charge in [-0.2, -0.15) is 0 Å². The Morgan fingerprint density at radius 2 is 1.94 bits per heavy atom. The Morgan fingerprint density at radius 1 is 1.24 bits per heavy atom. The Balaban J connectivity index is 2.47. The van der Waals surface area contributed by atoms with Gasteiger partial charge >= 0.3 is 0 Å². The second-order valence-electron chi connectivity index (χ2n) is 3.96. The van der Waals surface area contributed by atoms with E-state index in [1.165, 1.54) is 6.20 Å². The first kappa shape index (κ1) is 11.9. The van der Waals surface area contributed by atoms with Crippen LogP contribution in [0.4, 0.5) is 5.82 Å². The van der Waals surface area contributed by atoms with Crippen LogP contribution in [-0.4, -0.2) is 4.98 Å². The predicted octanol–water partition coefficient (Wildman–Crippen LogP) is 2.67. The number of benzene rings is 1. The van der Waals surface area contributed by atoms with E-state index < -0.39 is 0 Å². The van der Waals surface area contributed by atoms with Gasteiger partial charge in [-0.05, 0) is 24.1 Å². The first-order valence-electron chi connectivity index (χ1n) is 5.31. The molecule has 1 aromatic heterocycles. The summed E-state index contributed by atoms with van der Waals surface area (Å²) in [5.74, 6) is 0.421. The van der Waals surface area contributed by atoms with E-state index in [0.717, 1.165) is 16.7 Å². The van der Waals surface area contributed by atoms with Gasteiger partial charge in [-0.1, -0.05) is 35.9 Å². The van der Waals surface area contributed by atoms with E-state index in [0.29, 0.717) is 10.8 Å². The molecule has 2 rings (SSSR count). The number of halogens is 1. The normalized spacial score (nSPS) is 12.4. The topological polar surface area (TPSA) is 64.9 Å². The number of anilines is 1. The lowest BCUT2D eigenvalue weighted by atomic mass is 9.96. The van der Waals surface area contributed by atoms with Crippen LogP contribution >= 0.6 is 11.6 Å². The summed E-state index contributed by atoms with van der Waals surface area (Å²) in [6, 6.07) is 9.40. The highest BCUT2D eigenvalue weighted by Gasteiger charge is 2.14. The van der Waals surface area contributed by atoms with E-state index in [4.69, 9.17) is 23.1 Å². The summed E-state index contributed by atoms with van der Waals surface area (Å²) in [5.41, 5.74) is 14.9. The average molecular weight is 248 g/mol. The van der Waals surface area contributed by atoms with Crippen LogP contribution in [0.15, 0.2) is 36.5 Å². The second kappa shape index (κ2) is 4.73. The maximum absolute atomic E-state index is 6.21. The van der Waals surface area contributed by atoms with Crippen LogP contribution in [0.1, 0.15) is 22.7 Å². The minimum Gasteiger partial charge on any atom is -0.383 e. The number of nitrogen functional groups attached to an aromatic ring is 1. The molecule has 1 atom stereocenters. The maximum Gasteiger partial charge on any atom is 0.128 e. The lowest BCUT2D eigenvalue weighted by Crippen LogP contribution is -2.15. The zero-order valence-electron chi connectivity index (χ0n) is 9.52. The van der Waals surface area contributed by atoms with E-state index in [1.54, 1.807) is 6.07 Å². The van der Waals surface area contributed by atoms with Gasteiger partial charge in [0.25, 0.3) is 0 Å². The van der Waals surface area contributed by atoms with E-state index in [9.17, 15) is 0 Å². The molecule has 0 spiro atoms. The Hall–Kier alpha value is -1.58. The Morgan fingerprint density at radius 3 is 2.65 bits per heavy atom. The van der Waals surface area contributed by atoms with Crippen molar-refractivity contribution in [2.45, 2.75) is 13.0 Å². The number of rotatable bonds is 2. The quantitative estimate of drug-likeness (QED) is 0.858. The zero-order chi connectivity index (χ0) is 12.4. The minimum atomic E-state index is -0.303. The molecule has 17 heavy (non-hydrogen) atoms. The molecule has 0 saturated carbocycles. The number of pyridine rings is 1. The number of aromatic nitrogens is 1. The van der Waals surface area contributed by atoms with Crippen molar-refractivity contribution in [1.82, 2.24) is 4.98 Å². The lowest BCUT2D eigenvalue weighted by molar-refractivity contribution is 0.858. The van der Waals surface area contributed by atoms with Gasteiger partial charge in [0, 0.05) is 11.8 Å². The molecule has 0 fully saturated rings. The van der Waals surface area contributed by atoms with E-state index in [1.807, 2.05) is 31.2 Å². The molecule has 0 aliphatic heterocycles. The van der Waals surface area contributed by atoms with E-state index >= 15 is 0 Å². The van der Waals surface area contributed by atoms with Crippen LogP contribution in [0.25, 0.3) is 0 Å². The second-order valence-corrected chi connectivity index (χ2v) is 4.40. The Labute approximate surface area is 105 Å². The SMILES string of the molecule is Cc1ccccc1C(N)c1cc(Cl)cnc1N. The van der Waals surface area contributed by atoms with Crippen molar-refractivity contribution in [2.75, 3.05) is 5.73 Å². The van der Waals surface area contributed by atoms with Gasteiger partial charge in [-0.3, -0.25) is 0 Å². The molecule has 1 heterocycles. The highest BCUT2D eigenvalue weighted by molar-refractivity contribution is 6.30. The number of hydrogen-bond acceptors (Lipinski definition) is 3. The minimum absolute atomic E-state index is 0.303. The standard InChI is InChI=1S/C13H14ClN3/c1-8-4-2-3-5-10(8)12(15)11-6-9(14)7-17-13(11)16/h2-7,12H,15H2,1H3,(H2,16,17). The molecule has 0 saturated heterocycles. The molecule has 2 aromatic rings. The molecule has 0 aliphatic rings. The summed E-state index contributed by atoms with van der Waals surface area (Å²) in [6.45, 7) is 2.02. The zero-order valence-corrected chi connectivity index (χ0v) is 10.3. The summed E-state index contributed by atoms with van der Waals surface area (Å²) in [7, 11) is 0. The molecule has 4 heteroatoms. The van der Waals surface area contributed by atoms with Crippen LogP contribution in [-0.2, 0) is 0 Å². The molecule has 88 valence electrons. The van der Waals surface area contributed by atoms with Gasteiger partial charge < -0.3 is 11.5 Å².